The summed E-state index contributed by atoms with van der Waals surface area (Å²) in [6.45, 7) is 0.359. The molecule has 2 aromatic rings. The van der Waals surface area contributed by atoms with Crippen LogP contribution in [-0.4, -0.2) is 18.1 Å². The first-order chi connectivity index (χ1) is 9.19. The number of hydrogen-bond acceptors (Lipinski definition) is 5. The standard InChI is InChI=1S/C13H13FN2O2S/c1-18-12(17)6-10-8-19-13(16-10)15-7-9-4-2-3-5-11(9)14/h2-5,8H,6-7H2,1H3,(H,15,16). The van der Waals surface area contributed by atoms with Crippen LogP contribution in [0.3, 0.4) is 0 Å². The molecule has 0 fully saturated rings. The summed E-state index contributed by atoms with van der Waals surface area (Å²) in [5.41, 5.74) is 1.22. The van der Waals surface area contributed by atoms with Gasteiger partial charge in [0.2, 0.25) is 0 Å². The molecule has 0 atom stereocenters. The summed E-state index contributed by atoms with van der Waals surface area (Å²) in [6, 6.07) is 6.56. The predicted molar refractivity (Wildman–Crippen MR) is 71.6 cm³/mol. The number of halogens is 1. The number of ether oxygens (including phenoxy) is 1. The number of thiazole rings is 1. The van der Waals surface area contributed by atoms with Gasteiger partial charge in [-0.15, -0.1) is 11.3 Å². The highest BCUT2D eigenvalue weighted by Crippen LogP contribution is 2.17. The minimum Gasteiger partial charge on any atom is -0.469 e. The van der Waals surface area contributed by atoms with Crippen LogP contribution in [0.15, 0.2) is 29.6 Å². The maximum Gasteiger partial charge on any atom is 0.311 e. The van der Waals surface area contributed by atoms with Gasteiger partial charge in [0.05, 0.1) is 19.2 Å². The average molecular weight is 280 g/mol. The van der Waals surface area contributed by atoms with Crippen LogP contribution in [-0.2, 0) is 22.5 Å². The van der Waals surface area contributed by atoms with Gasteiger partial charge in [-0.2, -0.15) is 0 Å². The van der Waals surface area contributed by atoms with Crippen LogP contribution in [0.25, 0.3) is 0 Å². The number of hydrogen-bond donors (Lipinski definition) is 1. The van der Waals surface area contributed by atoms with Crippen LogP contribution >= 0.6 is 11.3 Å². The van der Waals surface area contributed by atoms with Crippen LogP contribution in [0.5, 0.6) is 0 Å². The van der Waals surface area contributed by atoms with Gasteiger partial charge in [-0.1, -0.05) is 18.2 Å². The van der Waals surface area contributed by atoms with E-state index in [2.05, 4.69) is 15.0 Å². The van der Waals surface area contributed by atoms with E-state index < -0.39 is 0 Å². The summed E-state index contributed by atoms with van der Waals surface area (Å²) in [5, 5.41) is 5.46. The molecule has 0 aliphatic carbocycles. The first-order valence-corrected chi connectivity index (χ1v) is 6.55. The van der Waals surface area contributed by atoms with Crippen molar-refractivity contribution in [1.29, 1.82) is 0 Å². The fourth-order valence-corrected chi connectivity index (χ4v) is 2.21. The summed E-state index contributed by atoms with van der Waals surface area (Å²) in [4.78, 5) is 15.3. The monoisotopic (exact) mass is 280 g/mol. The predicted octanol–water partition coefficient (Wildman–Crippen LogP) is 2.61. The molecule has 0 bridgehead atoms. The van der Waals surface area contributed by atoms with Crippen molar-refractivity contribution in [2.45, 2.75) is 13.0 Å². The Morgan fingerprint density at radius 2 is 2.26 bits per heavy atom. The molecule has 6 heteroatoms. The molecule has 19 heavy (non-hydrogen) atoms. The van der Waals surface area contributed by atoms with Gasteiger partial charge in [0, 0.05) is 17.5 Å². The van der Waals surface area contributed by atoms with Gasteiger partial charge < -0.3 is 10.1 Å². The van der Waals surface area contributed by atoms with Gasteiger partial charge in [0.25, 0.3) is 0 Å². The van der Waals surface area contributed by atoms with Crippen molar-refractivity contribution >= 4 is 22.4 Å². The number of benzene rings is 1. The topological polar surface area (TPSA) is 51.2 Å². The summed E-state index contributed by atoms with van der Waals surface area (Å²) >= 11 is 1.37. The SMILES string of the molecule is COC(=O)Cc1csc(NCc2ccccc2F)n1. The van der Waals surface area contributed by atoms with Gasteiger partial charge in [0.15, 0.2) is 5.13 Å². The molecule has 100 valence electrons. The highest BCUT2D eigenvalue weighted by atomic mass is 32.1. The third-order valence-corrected chi connectivity index (χ3v) is 3.34. The molecule has 0 saturated carbocycles. The largest absolute Gasteiger partial charge is 0.469 e. The lowest BCUT2D eigenvalue weighted by Crippen LogP contribution is -2.05. The number of esters is 1. The van der Waals surface area contributed by atoms with Crippen LogP contribution in [0.1, 0.15) is 11.3 Å². The maximum absolute atomic E-state index is 13.4. The van der Waals surface area contributed by atoms with Crippen LogP contribution in [0.4, 0.5) is 9.52 Å². The van der Waals surface area contributed by atoms with E-state index in [-0.39, 0.29) is 18.2 Å². The molecule has 1 N–H and O–H groups in total. The first kappa shape index (κ1) is 13.5. The Morgan fingerprint density at radius 3 is 3.00 bits per heavy atom. The molecule has 2 rings (SSSR count). The zero-order valence-electron chi connectivity index (χ0n) is 10.4. The third-order valence-electron chi connectivity index (χ3n) is 2.49. The van der Waals surface area contributed by atoms with Gasteiger partial charge in [-0.05, 0) is 6.07 Å². The van der Waals surface area contributed by atoms with Crippen LogP contribution in [0.2, 0.25) is 0 Å². The van der Waals surface area contributed by atoms with Gasteiger partial charge >= 0.3 is 5.97 Å². The summed E-state index contributed by atoms with van der Waals surface area (Å²) in [6.07, 6.45) is 0.147. The Kier molecular flexibility index (Phi) is 4.46. The van der Waals surface area contributed by atoms with E-state index in [9.17, 15) is 9.18 Å². The second-order valence-electron chi connectivity index (χ2n) is 3.84. The molecule has 0 saturated heterocycles. The summed E-state index contributed by atoms with van der Waals surface area (Å²) in [7, 11) is 1.34. The fraction of sp³-hybridized carbons (Fsp3) is 0.231. The number of nitrogens with one attached hydrogen (secondary N) is 1. The Balaban J connectivity index is 1.94. The fourth-order valence-electron chi connectivity index (χ4n) is 1.50. The molecule has 1 heterocycles. The number of methoxy groups -OCH3 is 1. The summed E-state index contributed by atoms with van der Waals surface area (Å²) < 4.78 is 18.0. The van der Waals surface area contributed by atoms with Gasteiger partial charge in [-0.25, -0.2) is 9.37 Å². The van der Waals surface area contributed by atoms with Gasteiger partial charge in [-0.3, -0.25) is 4.79 Å². The molecule has 0 amide bonds. The second kappa shape index (κ2) is 6.29. The second-order valence-corrected chi connectivity index (χ2v) is 4.70. The Bertz CT molecular complexity index is 571. The molecular weight excluding hydrogens is 267 g/mol. The third kappa shape index (κ3) is 3.75. The molecule has 1 aromatic carbocycles. The molecule has 0 aliphatic heterocycles. The molecule has 0 unspecified atom stereocenters. The number of carbonyl (C=O) groups is 1. The lowest BCUT2D eigenvalue weighted by atomic mass is 10.2. The number of carbonyl (C=O) groups excluding carboxylic acids is 1. The number of rotatable bonds is 5. The quantitative estimate of drug-likeness (QED) is 0.855. The lowest BCUT2D eigenvalue weighted by Gasteiger charge is -2.03. The minimum atomic E-state index is -0.328. The molecular formula is C13H13FN2O2S. The smallest absolute Gasteiger partial charge is 0.311 e. The van der Waals surface area contributed by atoms with Crippen LogP contribution < -0.4 is 5.32 Å². The highest BCUT2D eigenvalue weighted by molar-refractivity contribution is 7.13. The zero-order chi connectivity index (χ0) is 13.7. The average Bonchev–Trinajstić information content (AvgIpc) is 2.85. The number of anilines is 1. The minimum absolute atomic E-state index is 0.147. The van der Waals surface area contributed by atoms with Crippen molar-refractivity contribution < 1.29 is 13.9 Å². The van der Waals surface area contributed by atoms with E-state index in [1.54, 1.807) is 23.6 Å². The normalized spacial score (nSPS) is 10.2. The van der Waals surface area contributed by atoms with Gasteiger partial charge in [0.1, 0.15) is 5.82 Å². The van der Waals surface area contributed by atoms with Crippen LogP contribution in [0, 0.1) is 5.82 Å². The number of nitrogens with zero attached hydrogens (tertiary/aromatic N) is 1. The molecule has 0 radical (unpaired) electrons. The Morgan fingerprint density at radius 1 is 1.47 bits per heavy atom. The van der Waals surface area contributed by atoms with E-state index >= 15 is 0 Å². The highest BCUT2D eigenvalue weighted by Gasteiger charge is 2.08. The summed E-state index contributed by atoms with van der Waals surface area (Å²) in [5.74, 6) is -0.577. The maximum atomic E-state index is 13.4. The van der Waals surface area contributed by atoms with Crippen molar-refractivity contribution in [2.24, 2.45) is 0 Å². The van der Waals surface area contributed by atoms with E-state index in [1.807, 2.05) is 0 Å². The van der Waals surface area contributed by atoms with Crippen molar-refractivity contribution in [3.05, 3.63) is 46.7 Å². The van der Waals surface area contributed by atoms with Crippen molar-refractivity contribution in [1.82, 2.24) is 4.98 Å². The molecule has 0 spiro atoms. The van der Waals surface area contributed by atoms with Crippen molar-refractivity contribution in [2.75, 3.05) is 12.4 Å². The first-order valence-electron chi connectivity index (χ1n) is 5.67. The molecule has 4 nitrogen and oxygen atoms in total. The lowest BCUT2D eigenvalue weighted by molar-refractivity contribution is -0.139. The van der Waals surface area contributed by atoms with Crippen molar-refractivity contribution in [3.8, 4) is 0 Å². The Labute approximate surface area is 114 Å². The van der Waals surface area contributed by atoms with Crippen molar-refractivity contribution in [3.63, 3.8) is 0 Å². The Hall–Kier alpha value is -1.95. The number of aromatic nitrogens is 1. The van der Waals surface area contributed by atoms with E-state index in [1.165, 1.54) is 24.5 Å². The van der Waals surface area contributed by atoms with E-state index in [4.69, 9.17) is 0 Å². The molecule has 0 aliphatic rings. The van der Waals surface area contributed by atoms with E-state index in [0.717, 1.165) is 0 Å². The molecule has 1 aromatic heterocycles. The van der Waals surface area contributed by atoms with E-state index in [0.29, 0.717) is 22.9 Å². The zero-order valence-corrected chi connectivity index (χ0v) is 11.2.